The van der Waals surface area contributed by atoms with Gasteiger partial charge in [-0.2, -0.15) is 0 Å². The normalized spacial score (nSPS) is 24.5. The van der Waals surface area contributed by atoms with Crippen LogP contribution in [0.15, 0.2) is 34.1 Å². The highest BCUT2D eigenvalue weighted by atomic mass is 35.5. The molecule has 0 amide bonds. The lowest BCUT2D eigenvalue weighted by Crippen LogP contribution is -2.51. The Balaban J connectivity index is 0.00000225. The van der Waals surface area contributed by atoms with E-state index in [0.29, 0.717) is 0 Å². The highest BCUT2D eigenvalue weighted by molar-refractivity contribution is 7.90. The van der Waals surface area contributed by atoms with Crippen molar-refractivity contribution in [1.82, 2.24) is 14.8 Å². The highest BCUT2D eigenvalue weighted by Crippen LogP contribution is 2.23. The van der Waals surface area contributed by atoms with Gasteiger partial charge in [0.2, 0.25) is 20.0 Å². The van der Waals surface area contributed by atoms with Gasteiger partial charge in [-0.1, -0.05) is 0 Å². The van der Waals surface area contributed by atoms with Crippen molar-refractivity contribution in [3.63, 3.8) is 0 Å². The number of hydrogen-bond donors (Lipinski definition) is 3. The van der Waals surface area contributed by atoms with Gasteiger partial charge < -0.3 is 5.32 Å². The molecule has 2 atom stereocenters. The molecule has 2 fully saturated rings. The first-order valence-corrected chi connectivity index (χ1v) is 11.1. The molecule has 1 heterocycles. The minimum Gasteiger partial charge on any atom is -0.313 e. The molecule has 1 aliphatic carbocycles. The Hall–Kier alpha value is -0.710. The van der Waals surface area contributed by atoms with Crippen molar-refractivity contribution in [1.29, 1.82) is 0 Å². The van der Waals surface area contributed by atoms with Crippen molar-refractivity contribution in [2.45, 2.75) is 60.5 Å². The van der Waals surface area contributed by atoms with Crippen molar-refractivity contribution >= 4 is 32.5 Å². The molecule has 1 aromatic carbocycles. The highest BCUT2D eigenvalue weighted by Gasteiger charge is 2.29. The molecule has 1 saturated heterocycles. The van der Waals surface area contributed by atoms with Crippen molar-refractivity contribution in [2.75, 3.05) is 6.54 Å². The van der Waals surface area contributed by atoms with Gasteiger partial charge in [0.15, 0.2) is 0 Å². The number of benzene rings is 1. The summed E-state index contributed by atoms with van der Waals surface area (Å²) in [4.78, 5) is 0.159. The molecular weight excluding hydrogens is 386 g/mol. The second-order valence-corrected chi connectivity index (χ2v) is 9.91. The summed E-state index contributed by atoms with van der Waals surface area (Å²) in [5.41, 5.74) is 0. The molecule has 0 aromatic heterocycles. The monoisotopic (exact) mass is 409 g/mol. The Morgan fingerprint density at radius 2 is 1.44 bits per heavy atom. The second kappa shape index (κ2) is 7.89. The average molecular weight is 410 g/mol. The molecule has 1 saturated carbocycles. The Morgan fingerprint density at radius 1 is 0.920 bits per heavy atom. The van der Waals surface area contributed by atoms with Crippen LogP contribution in [-0.4, -0.2) is 41.5 Å². The maximum Gasteiger partial charge on any atom is 0.240 e. The van der Waals surface area contributed by atoms with Gasteiger partial charge in [-0.15, -0.1) is 12.4 Å². The van der Waals surface area contributed by atoms with Crippen molar-refractivity contribution in [2.24, 2.45) is 0 Å². The number of sulfonamides is 2. The van der Waals surface area contributed by atoms with Crippen LogP contribution in [0.25, 0.3) is 0 Å². The number of nitrogens with one attached hydrogen (secondary N) is 3. The van der Waals surface area contributed by atoms with Crippen LogP contribution in [0.4, 0.5) is 0 Å². The zero-order valence-corrected chi connectivity index (χ0v) is 16.4. The van der Waals surface area contributed by atoms with Crippen LogP contribution in [0, 0.1) is 0 Å². The Bertz CT molecular complexity index is 793. The average Bonchev–Trinajstić information content (AvgIpc) is 3.33. The van der Waals surface area contributed by atoms with Crippen molar-refractivity contribution < 1.29 is 16.8 Å². The van der Waals surface area contributed by atoms with E-state index in [4.69, 9.17) is 0 Å². The summed E-state index contributed by atoms with van der Waals surface area (Å²) in [5, 5.41) is 3.24. The predicted molar refractivity (Wildman–Crippen MR) is 97.8 cm³/mol. The molecule has 0 spiro atoms. The summed E-state index contributed by atoms with van der Waals surface area (Å²) in [6.07, 6.45) is 3.40. The summed E-state index contributed by atoms with van der Waals surface area (Å²) in [7, 11) is -7.24. The fourth-order valence-corrected chi connectivity index (χ4v) is 5.41. The minimum atomic E-state index is -3.67. The lowest BCUT2D eigenvalue weighted by molar-refractivity contribution is 0.349. The van der Waals surface area contributed by atoms with Crippen LogP contribution in [0.2, 0.25) is 0 Å². The molecule has 0 radical (unpaired) electrons. The zero-order valence-electron chi connectivity index (χ0n) is 13.9. The van der Waals surface area contributed by atoms with Crippen LogP contribution in [-0.2, 0) is 20.0 Å². The predicted octanol–water partition coefficient (Wildman–Crippen LogP) is 0.968. The SMILES string of the molecule is CC1NCCCC1NS(=O)(=O)c1ccc(S(=O)(=O)NC2CC2)cc1.Cl. The van der Waals surface area contributed by atoms with Gasteiger partial charge >= 0.3 is 0 Å². The Morgan fingerprint density at radius 3 is 1.92 bits per heavy atom. The van der Waals surface area contributed by atoms with E-state index < -0.39 is 20.0 Å². The molecule has 2 unspecified atom stereocenters. The second-order valence-electron chi connectivity index (χ2n) is 6.48. The molecule has 3 N–H and O–H groups in total. The van der Waals surface area contributed by atoms with Crippen molar-refractivity contribution in [3.8, 4) is 0 Å². The van der Waals surface area contributed by atoms with Crippen LogP contribution >= 0.6 is 12.4 Å². The maximum atomic E-state index is 12.5. The summed E-state index contributed by atoms with van der Waals surface area (Å²) in [5.74, 6) is 0. The smallest absolute Gasteiger partial charge is 0.240 e. The third kappa shape index (κ3) is 5.15. The standard InChI is InChI=1S/C15H23N3O4S2.ClH/c1-11-15(3-2-10-16-11)18-24(21,22)14-8-6-13(7-9-14)23(19,20)17-12-4-5-12;/h6-9,11-12,15-18H,2-5,10H2,1H3;1H. The lowest BCUT2D eigenvalue weighted by Gasteiger charge is -2.30. The van der Waals surface area contributed by atoms with E-state index >= 15 is 0 Å². The van der Waals surface area contributed by atoms with E-state index in [1.807, 2.05) is 6.92 Å². The quantitative estimate of drug-likeness (QED) is 0.649. The summed E-state index contributed by atoms with van der Waals surface area (Å²) in [6, 6.07) is 5.26. The summed E-state index contributed by atoms with van der Waals surface area (Å²) in [6.45, 7) is 2.84. The maximum absolute atomic E-state index is 12.5. The molecule has 7 nitrogen and oxygen atoms in total. The van der Waals surface area contributed by atoms with Gasteiger partial charge in [-0.3, -0.25) is 0 Å². The number of halogens is 1. The van der Waals surface area contributed by atoms with Crippen LogP contribution in [0.3, 0.4) is 0 Å². The van der Waals surface area contributed by atoms with Crippen LogP contribution in [0.5, 0.6) is 0 Å². The van der Waals surface area contributed by atoms with Gasteiger partial charge in [0.25, 0.3) is 0 Å². The van der Waals surface area contributed by atoms with E-state index in [9.17, 15) is 16.8 Å². The Labute approximate surface area is 155 Å². The molecule has 1 aliphatic heterocycles. The van der Waals surface area contributed by atoms with Gasteiger partial charge in [-0.25, -0.2) is 26.3 Å². The van der Waals surface area contributed by atoms with Gasteiger partial charge in [0.05, 0.1) is 9.79 Å². The molecular formula is C15H24ClN3O4S2. The fourth-order valence-electron chi connectivity index (χ4n) is 2.76. The largest absolute Gasteiger partial charge is 0.313 e. The minimum absolute atomic E-state index is 0. The van der Waals surface area contributed by atoms with Gasteiger partial charge in [-0.05, 0) is 63.4 Å². The topological polar surface area (TPSA) is 104 Å². The van der Waals surface area contributed by atoms with Gasteiger partial charge in [0.1, 0.15) is 0 Å². The van der Waals surface area contributed by atoms with Crippen LogP contribution < -0.4 is 14.8 Å². The summed E-state index contributed by atoms with van der Waals surface area (Å²) >= 11 is 0. The molecule has 0 bridgehead atoms. The third-order valence-corrected chi connectivity index (χ3v) is 7.45. The Kier molecular flexibility index (Phi) is 6.50. The van der Waals surface area contributed by atoms with E-state index in [2.05, 4.69) is 14.8 Å². The van der Waals surface area contributed by atoms with Crippen molar-refractivity contribution in [3.05, 3.63) is 24.3 Å². The van der Waals surface area contributed by atoms with E-state index in [0.717, 1.165) is 32.2 Å². The van der Waals surface area contributed by atoms with Gasteiger partial charge in [0, 0.05) is 18.1 Å². The molecule has 25 heavy (non-hydrogen) atoms. The first-order valence-electron chi connectivity index (χ1n) is 8.16. The van der Waals surface area contributed by atoms with E-state index in [1.165, 1.54) is 24.3 Å². The third-order valence-electron chi connectivity index (χ3n) is 4.41. The first-order chi connectivity index (χ1) is 11.3. The number of piperidine rings is 1. The summed E-state index contributed by atoms with van der Waals surface area (Å²) < 4.78 is 54.5. The molecule has 2 aliphatic rings. The van der Waals surface area contributed by atoms with E-state index in [1.54, 1.807) is 0 Å². The number of rotatable bonds is 6. The molecule has 1 aromatic rings. The molecule has 10 heteroatoms. The first kappa shape index (κ1) is 20.6. The fraction of sp³-hybridized carbons (Fsp3) is 0.600. The van der Waals surface area contributed by atoms with Crippen LogP contribution in [0.1, 0.15) is 32.6 Å². The lowest BCUT2D eigenvalue weighted by atomic mass is 10.0. The zero-order chi connectivity index (χ0) is 17.4. The number of hydrogen-bond acceptors (Lipinski definition) is 5. The molecule has 3 rings (SSSR count). The molecule has 142 valence electrons. The van der Waals surface area contributed by atoms with E-state index in [-0.39, 0.29) is 40.3 Å².